The van der Waals surface area contributed by atoms with Gasteiger partial charge in [0.15, 0.2) is 0 Å². The van der Waals surface area contributed by atoms with Gasteiger partial charge in [-0.1, -0.05) is 100 Å². The van der Waals surface area contributed by atoms with Crippen LogP contribution in [-0.4, -0.2) is 75.2 Å². The first-order chi connectivity index (χ1) is 27.2. The molecule has 0 fully saturated rings. The molecular formula is C48H74O10Si. The summed E-state index contributed by atoms with van der Waals surface area (Å²) in [5.74, 6) is 1.35. The number of carbonyl (C=O) groups is 2. The minimum Gasteiger partial charge on any atom is -0.543 e. The molecule has 0 saturated carbocycles. The van der Waals surface area contributed by atoms with E-state index < -0.39 is 20.3 Å². The summed E-state index contributed by atoms with van der Waals surface area (Å²) in [5, 5.41) is 27.4. The van der Waals surface area contributed by atoms with Crippen LogP contribution in [0.1, 0.15) is 126 Å². The fraction of sp³-hybridized carbons (Fsp3) is 0.625. The van der Waals surface area contributed by atoms with Gasteiger partial charge in [-0.15, -0.1) is 0 Å². The quantitative estimate of drug-likeness (QED) is 0.0871. The van der Waals surface area contributed by atoms with Gasteiger partial charge in [0.1, 0.15) is 23.0 Å². The number of phenols is 1. The van der Waals surface area contributed by atoms with Crippen LogP contribution in [0.15, 0.2) is 59.7 Å². The Kier molecular flexibility index (Phi) is 16.9. The van der Waals surface area contributed by atoms with E-state index in [1.807, 2.05) is 24.3 Å². The molecule has 2 heterocycles. The predicted octanol–water partition coefficient (Wildman–Crippen LogP) is 11.6. The molecule has 2 aromatic carbocycles. The Morgan fingerprint density at radius 1 is 0.678 bits per heavy atom. The minimum atomic E-state index is -1.94. The Morgan fingerprint density at radius 2 is 1.10 bits per heavy atom. The molecule has 0 radical (unpaired) electrons. The van der Waals surface area contributed by atoms with E-state index >= 15 is 0 Å². The zero-order chi connectivity index (χ0) is 44.5. The summed E-state index contributed by atoms with van der Waals surface area (Å²) in [5.41, 5.74) is 3.65. The molecule has 2 aliphatic rings. The van der Waals surface area contributed by atoms with Crippen LogP contribution in [0.25, 0.3) is 11.5 Å². The van der Waals surface area contributed by atoms with E-state index in [0.717, 1.165) is 41.2 Å². The highest BCUT2D eigenvalue weighted by atomic mass is 28.4. The van der Waals surface area contributed by atoms with Crippen LogP contribution in [0.4, 0.5) is 0 Å². The summed E-state index contributed by atoms with van der Waals surface area (Å²) in [6, 6.07) is 15.4. The summed E-state index contributed by atoms with van der Waals surface area (Å²) in [6.45, 7) is 32.1. The first-order valence-corrected chi connectivity index (χ1v) is 24.0. The summed E-state index contributed by atoms with van der Waals surface area (Å²) in [7, 11) is -1.94. The van der Waals surface area contributed by atoms with E-state index in [4.69, 9.17) is 33.6 Å². The fourth-order valence-electron chi connectivity index (χ4n) is 7.87. The van der Waals surface area contributed by atoms with Crippen LogP contribution in [-0.2, 0) is 28.5 Å². The highest BCUT2D eigenvalue weighted by molar-refractivity contribution is 6.74. The van der Waals surface area contributed by atoms with Crippen LogP contribution >= 0.6 is 0 Å². The predicted molar refractivity (Wildman–Crippen MR) is 238 cm³/mol. The van der Waals surface area contributed by atoms with Crippen molar-refractivity contribution < 1.29 is 48.3 Å². The van der Waals surface area contributed by atoms with E-state index in [1.165, 1.54) is 11.1 Å². The molecular weight excluding hydrogens is 765 g/mol. The first-order valence-electron chi connectivity index (χ1n) is 21.1. The third-order valence-corrected chi connectivity index (χ3v) is 15.8. The van der Waals surface area contributed by atoms with Crippen LogP contribution in [0, 0.1) is 21.7 Å². The molecule has 11 heteroatoms. The van der Waals surface area contributed by atoms with Crippen molar-refractivity contribution in [3.05, 3.63) is 70.8 Å². The van der Waals surface area contributed by atoms with Crippen molar-refractivity contribution in [3.8, 4) is 11.5 Å². The number of carboxylic acids is 2. The number of aromatic hydroxyl groups is 1. The van der Waals surface area contributed by atoms with Crippen LogP contribution < -0.4 is 4.43 Å². The van der Waals surface area contributed by atoms with E-state index in [1.54, 1.807) is 12.1 Å². The molecule has 3 N–H and O–H groups in total. The van der Waals surface area contributed by atoms with Crippen molar-refractivity contribution in [1.82, 2.24) is 0 Å². The number of hydrogen-bond acceptors (Lipinski definition) is 8. The van der Waals surface area contributed by atoms with Crippen LogP contribution in [0.5, 0.6) is 11.5 Å². The summed E-state index contributed by atoms with van der Waals surface area (Å²) in [6.07, 6.45) is 3.12. The fourth-order valence-corrected chi connectivity index (χ4v) is 8.89. The van der Waals surface area contributed by atoms with Crippen LogP contribution in [0.2, 0.25) is 18.1 Å². The lowest BCUT2D eigenvalue weighted by Gasteiger charge is -2.36. The molecule has 0 bridgehead atoms. The van der Waals surface area contributed by atoms with Gasteiger partial charge in [0.25, 0.3) is 0 Å². The lowest BCUT2D eigenvalue weighted by Crippen LogP contribution is -2.43. The second kappa shape index (κ2) is 20.2. The normalized spacial score (nSPS) is 16.6. The Labute approximate surface area is 355 Å². The zero-order valence-corrected chi connectivity index (χ0v) is 39.3. The Hall–Kier alpha value is -3.80. The van der Waals surface area contributed by atoms with Crippen molar-refractivity contribution in [2.24, 2.45) is 21.7 Å². The van der Waals surface area contributed by atoms with Crippen molar-refractivity contribution in [2.75, 3.05) is 39.6 Å². The van der Waals surface area contributed by atoms with Gasteiger partial charge >= 0.3 is 11.9 Å². The third-order valence-electron chi connectivity index (χ3n) is 11.5. The van der Waals surface area contributed by atoms with Crippen molar-refractivity contribution in [1.29, 1.82) is 0 Å². The number of benzene rings is 2. The highest BCUT2D eigenvalue weighted by Gasteiger charge is 2.45. The molecule has 0 atom stereocenters. The SMILES string of the molecule is CC(C)(COCCCCC(=O)O)C1=C(c2cccc(O)c2)OCC1(C)C.CC(C)(COCCCCC(=O)O)C1=C(c2cccc(O[Si](C)(C)C(C)(C)C)c2)OCC1(C)C. The maximum Gasteiger partial charge on any atom is 0.303 e. The smallest absolute Gasteiger partial charge is 0.303 e. The number of aliphatic carboxylic acids is 2. The van der Waals surface area contributed by atoms with E-state index in [9.17, 15) is 14.7 Å². The molecule has 4 rings (SSSR count). The molecule has 330 valence electrons. The van der Waals surface area contributed by atoms with Gasteiger partial charge in [-0.05, 0) is 79.2 Å². The molecule has 0 amide bonds. The van der Waals surface area contributed by atoms with Crippen molar-refractivity contribution in [3.63, 3.8) is 0 Å². The zero-order valence-electron chi connectivity index (χ0n) is 38.3. The van der Waals surface area contributed by atoms with Crippen molar-refractivity contribution in [2.45, 2.75) is 133 Å². The number of carboxylic acid groups (broad SMARTS) is 2. The first kappa shape index (κ1) is 49.6. The molecule has 0 spiro atoms. The van der Waals surface area contributed by atoms with Gasteiger partial charge in [-0.3, -0.25) is 9.59 Å². The minimum absolute atomic E-state index is 0.109. The largest absolute Gasteiger partial charge is 0.543 e. The van der Waals surface area contributed by atoms with Gasteiger partial charge < -0.3 is 38.7 Å². The second-order valence-corrected chi connectivity index (χ2v) is 25.0. The molecule has 2 aliphatic heterocycles. The average molecular weight is 839 g/mol. The average Bonchev–Trinajstić information content (AvgIpc) is 3.62. The summed E-state index contributed by atoms with van der Waals surface area (Å²) in [4.78, 5) is 21.2. The lowest BCUT2D eigenvalue weighted by molar-refractivity contribution is -0.138. The standard InChI is InChI=1S/C27H44O5Si.C21H30O5/c1-25(2,3)33(8,9)32-21-14-12-13-20(17-21)23-24(27(6,7)19-31-23)26(4,5)18-30-16-11-10-15-22(28)29;1-20(2,13-25-11-6-5-10-17(23)24)19-18(26-14-21(19,3)4)15-8-7-9-16(22)12-15/h12-14,17H,10-11,15-16,18-19H2,1-9H3,(H,28,29);7-9,12,22H,5-6,10-11,13-14H2,1-4H3,(H,23,24). The van der Waals surface area contributed by atoms with Gasteiger partial charge in [0.2, 0.25) is 8.32 Å². The molecule has 0 saturated heterocycles. The summed E-state index contributed by atoms with van der Waals surface area (Å²) >= 11 is 0. The topological polar surface area (TPSA) is 141 Å². The van der Waals surface area contributed by atoms with Gasteiger partial charge in [0.05, 0.1) is 26.4 Å². The van der Waals surface area contributed by atoms with E-state index in [2.05, 4.69) is 101 Å². The maximum absolute atomic E-state index is 10.7. The Morgan fingerprint density at radius 3 is 1.51 bits per heavy atom. The number of unbranched alkanes of at least 4 members (excludes halogenated alkanes) is 2. The number of phenolic OH excluding ortho intramolecular Hbond substituents is 1. The number of rotatable bonds is 20. The Bertz CT molecular complexity index is 1790. The van der Waals surface area contributed by atoms with E-state index in [0.29, 0.717) is 52.5 Å². The second-order valence-electron chi connectivity index (χ2n) is 20.3. The highest BCUT2D eigenvalue weighted by Crippen LogP contribution is 2.51. The molecule has 10 nitrogen and oxygen atoms in total. The van der Waals surface area contributed by atoms with Gasteiger partial charge in [-0.2, -0.15) is 0 Å². The third kappa shape index (κ3) is 14.1. The van der Waals surface area contributed by atoms with Gasteiger partial charge in [0, 0.05) is 58.8 Å². The number of ether oxygens (including phenoxy) is 4. The monoisotopic (exact) mass is 839 g/mol. The number of hydrogen-bond donors (Lipinski definition) is 3. The molecule has 0 unspecified atom stereocenters. The van der Waals surface area contributed by atoms with Crippen LogP contribution in [0.3, 0.4) is 0 Å². The van der Waals surface area contributed by atoms with E-state index in [-0.39, 0.29) is 45.3 Å². The molecule has 0 aromatic heterocycles. The Balaban J connectivity index is 0.000000324. The van der Waals surface area contributed by atoms with Gasteiger partial charge in [-0.25, -0.2) is 0 Å². The molecule has 2 aromatic rings. The maximum atomic E-state index is 10.7. The lowest BCUT2D eigenvalue weighted by atomic mass is 9.70. The molecule has 59 heavy (non-hydrogen) atoms. The summed E-state index contributed by atoms with van der Waals surface area (Å²) < 4.78 is 30.7. The van der Waals surface area contributed by atoms with Crippen molar-refractivity contribution >= 4 is 31.8 Å². The molecule has 0 aliphatic carbocycles.